The van der Waals surface area contributed by atoms with Crippen molar-refractivity contribution in [3.05, 3.63) is 29.3 Å². The van der Waals surface area contributed by atoms with E-state index in [-0.39, 0.29) is 41.8 Å². The molecule has 6 heteroatoms. The number of alkyl halides is 1. The Hall–Kier alpha value is -1.85. The van der Waals surface area contributed by atoms with Crippen LogP contribution < -0.4 is 4.74 Å². The van der Waals surface area contributed by atoms with E-state index in [1.807, 2.05) is 0 Å². The van der Waals surface area contributed by atoms with Gasteiger partial charge in [0.15, 0.2) is 11.6 Å². The summed E-state index contributed by atoms with van der Waals surface area (Å²) in [5.74, 6) is -2.46. The van der Waals surface area contributed by atoms with E-state index in [0.717, 1.165) is 0 Å². The lowest BCUT2D eigenvalue weighted by Gasteiger charge is -2.35. The Morgan fingerprint density at radius 2 is 1.68 bits per heavy atom. The SMILES string of the molecule is O=C1CCC(=O)C12CCC(c1ccc(OCCCF)c(F)c1F)CC2. The molecule has 0 aliphatic heterocycles. The summed E-state index contributed by atoms with van der Waals surface area (Å²) in [4.78, 5) is 24.2. The van der Waals surface area contributed by atoms with Gasteiger partial charge in [0, 0.05) is 19.3 Å². The fraction of sp³-hybridized carbons (Fsp3) is 0.579. The summed E-state index contributed by atoms with van der Waals surface area (Å²) in [6, 6.07) is 2.85. The molecule has 2 saturated carbocycles. The Labute approximate surface area is 144 Å². The maximum atomic E-state index is 14.4. The number of ketones is 2. The molecular weight excluding hydrogens is 333 g/mol. The van der Waals surface area contributed by atoms with E-state index in [2.05, 4.69) is 0 Å². The Morgan fingerprint density at radius 3 is 2.28 bits per heavy atom. The lowest BCUT2D eigenvalue weighted by Crippen LogP contribution is -2.36. The van der Waals surface area contributed by atoms with Crippen LogP contribution in [-0.2, 0) is 9.59 Å². The van der Waals surface area contributed by atoms with Gasteiger partial charge in [-0.05, 0) is 43.2 Å². The number of benzene rings is 1. The number of carbonyl (C=O) groups is 2. The highest BCUT2D eigenvalue weighted by molar-refractivity contribution is 6.12. The van der Waals surface area contributed by atoms with E-state index in [9.17, 15) is 22.8 Å². The third-order valence-electron chi connectivity index (χ3n) is 5.54. The topological polar surface area (TPSA) is 43.4 Å². The van der Waals surface area contributed by atoms with E-state index in [1.54, 1.807) is 0 Å². The van der Waals surface area contributed by atoms with Crippen molar-refractivity contribution in [2.24, 2.45) is 5.41 Å². The van der Waals surface area contributed by atoms with E-state index in [0.29, 0.717) is 38.5 Å². The zero-order valence-electron chi connectivity index (χ0n) is 14.0. The van der Waals surface area contributed by atoms with Crippen LogP contribution in [0, 0.1) is 17.0 Å². The van der Waals surface area contributed by atoms with Crippen LogP contribution in [0.4, 0.5) is 13.2 Å². The maximum absolute atomic E-state index is 14.4. The Balaban J connectivity index is 1.72. The first-order valence-corrected chi connectivity index (χ1v) is 8.73. The monoisotopic (exact) mass is 354 g/mol. The summed E-state index contributed by atoms with van der Waals surface area (Å²) >= 11 is 0. The summed E-state index contributed by atoms with van der Waals surface area (Å²) in [7, 11) is 0. The van der Waals surface area contributed by atoms with E-state index < -0.39 is 23.7 Å². The first-order valence-electron chi connectivity index (χ1n) is 8.73. The maximum Gasteiger partial charge on any atom is 0.200 e. The molecule has 2 aliphatic rings. The molecule has 0 radical (unpaired) electrons. The van der Waals surface area contributed by atoms with Crippen LogP contribution in [0.2, 0.25) is 0 Å². The van der Waals surface area contributed by atoms with Crippen molar-refractivity contribution in [3.8, 4) is 5.75 Å². The number of Topliss-reactive ketones (excluding diaryl/α,β-unsaturated/α-hetero) is 2. The number of rotatable bonds is 5. The van der Waals surface area contributed by atoms with Gasteiger partial charge in [-0.25, -0.2) is 4.39 Å². The molecule has 0 bridgehead atoms. The van der Waals surface area contributed by atoms with Gasteiger partial charge < -0.3 is 4.74 Å². The van der Waals surface area contributed by atoms with Gasteiger partial charge in [-0.1, -0.05) is 6.07 Å². The molecule has 0 atom stereocenters. The Kier molecular flexibility index (Phi) is 5.16. The molecule has 3 nitrogen and oxygen atoms in total. The van der Waals surface area contributed by atoms with Crippen molar-refractivity contribution in [1.82, 2.24) is 0 Å². The number of hydrogen-bond acceptors (Lipinski definition) is 3. The van der Waals surface area contributed by atoms with Crippen LogP contribution in [0.3, 0.4) is 0 Å². The largest absolute Gasteiger partial charge is 0.490 e. The minimum Gasteiger partial charge on any atom is -0.490 e. The molecule has 0 N–H and O–H groups in total. The second-order valence-corrected chi connectivity index (χ2v) is 6.87. The fourth-order valence-electron chi connectivity index (χ4n) is 4.05. The molecule has 136 valence electrons. The number of halogens is 3. The van der Waals surface area contributed by atoms with Gasteiger partial charge in [0.05, 0.1) is 18.7 Å². The van der Waals surface area contributed by atoms with Gasteiger partial charge in [0.2, 0.25) is 5.82 Å². The van der Waals surface area contributed by atoms with Crippen LogP contribution in [-0.4, -0.2) is 24.8 Å². The van der Waals surface area contributed by atoms with Gasteiger partial charge in [0.1, 0.15) is 11.6 Å². The number of ether oxygens (including phenoxy) is 1. The van der Waals surface area contributed by atoms with Crippen molar-refractivity contribution >= 4 is 11.6 Å². The number of hydrogen-bond donors (Lipinski definition) is 0. The van der Waals surface area contributed by atoms with Crippen molar-refractivity contribution < 1.29 is 27.5 Å². The molecule has 0 heterocycles. The highest BCUT2D eigenvalue weighted by Gasteiger charge is 2.51. The molecule has 0 unspecified atom stereocenters. The smallest absolute Gasteiger partial charge is 0.200 e. The van der Waals surface area contributed by atoms with Crippen LogP contribution in [0.1, 0.15) is 56.4 Å². The van der Waals surface area contributed by atoms with E-state index >= 15 is 0 Å². The van der Waals surface area contributed by atoms with Gasteiger partial charge >= 0.3 is 0 Å². The molecular formula is C19H21F3O3. The highest BCUT2D eigenvalue weighted by Crippen LogP contribution is 2.49. The molecule has 2 fully saturated rings. The van der Waals surface area contributed by atoms with Gasteiger partial charge in [-0.15, -0.1) is 0 Å². The Morgan fingerprint density at radius 1 is 1.04 bits per heavy atom. The third-order valence-corrected chi connectivity index (χ3v) is 5.54. The van der Waals surface area contributed by atoms with Crippen molar-refractivity contribution in [2.75, 3.05) is 13.3 Å². The summed E-state index contributed by atoms with van der Waals surface area (Å²) in [6.45, 7) is -0.591. The normalized spacial score (nSPS) is 20.4. The molecule has 0 amide bonds. The molecule has 0 saturated heterocycles. The first kappa shape index (κ1) is 18.0. The van der Waals surface area contributed by atoms with Crippen LogP contribution in [0.5, 0.6) is 5.75 Å². The highest BCUT2D eigenvalue weighted by atomic mass is 19.2. The standard InChI is InChI=1S/C19H21F3O3/c20-10-1-11-25-14-3-2-13(17(21)18(14)22)12-6-8-19(9-7-12)15(23)4-5-16(19)24/h2-3,12H,1,4-11H2. The molecule has 3 rings (SSSR count). The van der Waals surface area contributed by atoms with Gasteiger partial charge in [-0.2, -0.15) is 4.39 Å². The zero-order chi connectivity index (χ0) is 18.0. The fourth-order valence-corrected chi connectivity index (χ4v) is 4.05. The summed E-state index contributed by atoms with van der Waals surface area (Å²) in [5.41, 5.74) is -0.621. The van der Waals surface area contributed by atoms with Crippen molar-refractivity contribution in [3.63, 3.8) is 0 Å². The molecule has 1 spiro atoms. The van der Waals surface area contributed by atoms with Crippen molar-refractivity contribution in [2.45, 2.75) is 50.9 Å². The average molecular weight is 354 g/mol. The molecule has 1 aromatic carbocycles. The predicted molar refractivity (Wildman–Crippen MR) is 85.3 cm³/mol. The molecule has 25 heavy (non-hydrogen) atoms. The summed E-state index contributed by atoms with van der Waals surface area (Å²) in [6.07, 6.45) is 2.51. The van der Waals surface area contributed by atoms with Crippen LogP contribution >= 0.6 is 0 Å². The minimum absolute atomic E-state index is 0.000728. The number of carbonyl (C=O) groups excluding carboxylic acids is 2. The Bertz CT molecular complexity index is 661. The van der Waals surface area contributed by atoms with Crippen LogP contribution in [0.25, 0.3) is 0 Å². The summed E-state index contributed by atoms with van der Waals surface area (Å²) < 4.78 is 45.7. The lowest BCUT2D eigenvalue weighted by atomic mass is 9.67. The molecule has 2 aliphatic carbocycles. The summed E-state index contributed by atoms with van der Waals surface area (Å²) in [5, 5.41) is 0. The molecule has 1 aromatic rings. The van der Waals surface area contributed by atoms with Crippen molar-refractivity contribution in [1.29, 1.82) is 0 Å². The third kappa shape index (κ3) is 3.18. The quantitative estimate of drug-likeness (QED) is 0.586. The average Bonchev–Trinajstić information content (AvgIpc) is 2.88. The first-order chi connectivity index (χ1) is 12.0. The zero-order valence-corrected chi connectivity index (χ0v) is 14.0. The molecule has 0 aromatic heterocycles. The van der Waals surface area contributed by atoms with Gasteiger partial charge in [0.25, 0.3) is 0 Å². The van der Waals surface area contributed by atoms with E-state index in [1.165, 1.54) is 12.1 Å². The van der Waals surface area contributed by atoms with Gasteiger partial charge in [-0.3, -0.25) is 14.0 Å². The second-order valence-electron chi connectivity index (χ2n) is 6.87. The minimum atomic E-state index is -1.07. The predicted octanol–water partition coefficient (Wildman–Crippen LogP) is 4.28. The lowest BCUT2D eigenvalue weighted by molar-refractivity contribution is -0.137. The second kappa shape index (κ2) is 7.18. The van der Waals surface area contributed by atoms with Crippen LogP contribution in [0.15, 0.2) is 12.1 Å². The van der Waals surface area contributed by atoms with E-state index in [4.69, 9.17) is 4.74 Å².